The molecule has 0 saturated carbocycles. The van der Waals surface area contributed by atoms with Gasteiger partial charge < -0.3 is 14.2 Å². The standard InChI is InChI=1S/C17H19ClN2O5S/c1-4-25-13-5-7-14(8-6-13)26(21,22)20-19-11-12-9-15(18)17(24-3)16(10-12)23-2/h5-11,20H,4H2,1-3H3/b19-11-. The van der Waals surface area contributed by atoms with Crippen LogP contribution in [-0.2, 0) is 10.0 Å². The largest absolute Gasteiger partial charge is 0.494 e. The molecular formula is C17H19ClN2O5S. The van der Waals surface area contributed by atoms with Crippen molar-refractivity contribution in [1.82, 2.24) is 4.83 Å². The number of hydrogen-bond acceptors (Lipinski definition) is 6. The minimum absolute atomic E-state index is 0.0726. The molecule has 7 nitrogen and oxygen atoms in total. The van der Waals surface area contributed by atoms with Crippen LogP contribution >= 0.6 is 11.6 Å². The number of hydrazone groups is 1. The van der Waals surface area contributed by atoms with Gasteiger partial charge in [-0.3, -0.25) is 0 Å². The predicted octanol–water partition coefficient (Wildman–Crippen LogP) is 3.07. The Balaban J connectivity index is 2.15. The van der Waals surface area contributed by atoms with Crippen molar-refractivity contribution in [3.05, 3.63) is 47.0 Å². The van der Waals surface area contributed by atoms with Gasteiger partial charge >= 0.3 is 0 Å². The molecule has 0 amide bonds. The molecule has 2 aromatic carbocycles. The van der Waals surface area contributed by atoms with Gasteiger partial charge in [-0.25, -0.2) is 4.83 Å². The van der Waals surface area contributed by atoms with Gasteiger partial charge in [-0.1, -0.05) is 11.6 Å². The monoisotopic (exact) mass is 398 g/mol. The Bertz CT molecular complexity index is 883. The third-order valence-corrected chi connectivity index (χ3v) is 4.81. The van der Waals surface area contributed by atoms with Crippen LogP contribution in [0.2, 0.25) is 5.02 Å². The van der Waals surface area contributed by atoms with E-state index >= 15 is 0 Å². The van der Waals surface area contributed by atoms with E-state index in [4.69, 9.17) is 25.8 Å². The lowest BCUT2D eigenvalue weighted by Gasteiger charge is -2.10. The Hall–Kier alpha value is -2.45. The molecule has 0 fully saturated rings. The van der Waals surface area contributed by atoms with Crippen molar-refractivity contribution in [2.24, 2.45) is 5.10 Å². The summed E-state index contributed by atoms with van der Waals surface area (Å²) in [5.74, 6) is 1.40. The number of nitrogens with zero attached hydrogens (tertiary/aromatic N) is 1. The van der Waals surface area contributed by atoms with Crippen molar-refractivity contribution >= 4 is 27.8 Å². The summed E-state index contributed by atoms with van der Waals surface area (Å²) in [4.78, 5) is 2.22. The van der Waals surface area contributed by atoms with E-state index in [0.29, 0.717) is 34.4 Å². The average molecular weight is 399 g/mol. The van der Waals surface area contributed by atoms with Crippen LogP contribution in [0.4, 0.5) is 0 Å². The Morgan fingerprint density at radius 1 is 1.15 bits per heavy atom. The third kappa shape index (κ3) is 4.80. The van der Waals surface area contributed by atoms with E-state index < -0.39 is 10.0 Å². The van der Waals surface area contributed by atoms with Gasteiger partial charge in [-0.15, -0.1) is 0 Å². The maximum absolute atomic E-state index is 12.2. The SMILES string of the molecule is CCOc1ccc(S(=O)(=O)N/N=C\c2cc(Cl)c(OC)c(OC)c2)cc1. The van der Waals surface area contributed by atoms with Gasteiger partial charge in [0.2, 0.25) is 0 Å². The first-order valence-corrected chi connectivity index (χ1v) is 9.46. The topological polar surface area (TPSA) is 86.2 Å². The number of hydrogen-bond donors (Lipinski definition) is 1. The maximum atomic E-state index is 12.2. The highest BCUT2D eigenvalue weighted by atomic mass is 35.5. The lowest BCUT2D eigenvalue weighted by Crippen LogP contribution is -2.18. The first-order valence-electron chi connectivity index (χ1n) is 7.60. The summed E-state index contributed by atoms with van der Waals surface area (Å²) in [6.45, 7) is 2.35. The van der Waals surface area contributed by atoms with Gasteiger partial charge in [0.1, 0.15) is 5.75 Å². The molecule has 0 spiro atoms. The maximum Gasteiger partial charge on any atom is 0.276 e. The molecule has 0 aliphatic rings. The second-order valence-electron chi connectivity index (χ2n) is 5.00. The molecule has 0 radical (unpaired) electrons. The molecule has 1 N–H and O–H groups in total. The van der Waals surface area contributed by atoms with Gasteiger partial charge in [0.15, 0.2) is 11.5 Å². The van der Waals surface area contributed by atoms with Gasteiger partial charge in [0.25, 0.3) is 10.0 Å². The van der Waals surface area contributed by atoms with Crippen LogP contribution in [0.1, 0.15) is 12.5 Å². The molecule has 2 aromatic rings. The van der Waals surface area contributed by atoms with Crippen LogP contribution in [-0.4, -0.2) is 35.5 Å². The van der Waals surface area contributed by atoms with Crippen molar-refractivity contribution in [3.8, 4) is 17.2 Å². The molecule has 0 aromatic heterocycles. The zero-order valence-electron chi connectivity index (χ0n) is 14.5. The van der Waals surface area contributed by atoms with Crippen molar-refractivity contribution < 1.29 is 22.6 Å². The second-order valence-corrected chi connectivity index (χ2v) is 7.06. The van der Waals surface area contributed by atoms with E-state index in [9.17, 15) is 8.42 Å². The van der Waals surface area contributed by atoms with E-state index in [1.807, 2.05) is 6.92 Å². The van der Waals surface area contributed by atoms with Crippen LogP contribution < -0.4 is 19.0 Å². The molecule has 0 unspecified atom stereocenters. The summed E-state index contributed by atoms with van der Waals surface area (Å²) in [7, 11) is -0.843. The molecule has 0 saturated heterocycles. The first-order chi connectivity index (χ1) is 12.4. The molecule has 140 valence electrons. The summed E-state index contributed by atoms with van der Waals surface area (Å²) in [6, 6.07) is 9.25. The Morgan fingerprint density at radius 2 is 1.85 bits per heavy atom. The summed E-state index contributed by atoms with van der Waals surface area (Å²) in [5.41, 5.74) is 0.544. The van der Waals surface area contributed by atoms with E-state index in [1.165, 1.54) is 32.6 Å². The van der Waals surface area contributed by atoms with Crippen LogP contribution in [0.3, 0.4) is 0 Å². The van der Waals surface area contributed by atoms with Gasteiger partial charge in [-0.2, -0.15) is 13.5 Å². The van der Waals surface area contributed by atoms with Gasteiger partial charge in [0.05, 0.1) is 37.0 Å². The van der Waals surface area contributed by atoms with Crippen LogP contribution in [0.15, 0.2) is 46.4 Å². The van der Waals surface area contributed by atoms with E-state index in [2.05, 4.69) is 9.93 Å². The Morgan fingerprint density at radius 3 is 2.42 bits per heavy atom. The van der Waals surface area contributed by atoms with Crippen LogP contribution in [0.5, 0.6) is 17.2 Å². The van der Waals surface area contributed by atoms with Crippen molar-refractivity contribution in [2.75, 3.05) is 20.8 Å². The first kappa shape index (κ1) is 19.9. The van der Waals surface area contributed by atoms with E-state index in [-0.39, 0.29) is 4.90 Å². The fraction of sp³-hybridized carbons (Fsp3) is 0.235. The van der Waals surface area contributed by atoms with Gasteiger partial charge in [-0.05, 0) is 48.9 Å². The molecule has 0 heterocycles. The lowest BCUT2D eigenvalue weighted by molar-refractivity contribution is 0.340. The summed E-state index contributed by atoms with van der Waals surface area (Å²) >= 11 is 6.10. The molecule has 0 atom stereocenters. The molecule has 26 heavy (non-hydrogen) atoms. The van der Waals surface area contributed by atoms with Gasteiger partial charge in [0, 0.05) is 0 Å². The number of benzene rings is 2. The fourth-order valence-corrected chi connectivity index (χ4v) is 3.20. The number of rotatable bonds is 8. The quantitative estimate of drug-likeness (QED) is 0.545. The average Bonchev–Trinajstić information content (AvgIpc) is 2.62. The molecule has 0 aliphatic carbocycles. The number of sulfonamides is 1. The van der Waals surface area contributed by atoms with Crippen molar-refractivity contribution in [1.29, 1.82) is 0 Å². The molecule has 0 bridgehead atoms. The number of nitrogens with one attached hydrogen (secondary N) is 1. The Labute approximate surface area is 157 Å². The van der Waals surface area contributed by atoms with Crippen LogP contribution in [0, 0.1) is 0 Å². The predicted molar refractivity (Wildman–Crippen MR) is 100 cm³/mol. The van der Waals surface area contributed by atoms with Crippen LogP contribution in [0.25, 0.3) is 0 Å². The molecule has 9 heteroatoms. The second kappa shape index (κ2) is 8.77. The summed E-state index contributed by atoms with van der Waals surface area (Å²) < 4.78 is 40.1. The highest BCUT2D eigenvalue weighted by molar-refractivity contribution is 7.89. The normalized spacial score (nSPS) is 11.4. The zero-order chi connectivity index (χ0) is 19.2. The van der Waals surface area contributed by atoms with E-state index in [1.54, 1.807) is 24.3 Å². The molecular weight excluding hydrogens is 380 g/mol. The van der Waals surface area contributed by atoms with Crippen molar-refractivity contribution in [2.45, 2.75) is 11.8 Å². The molecule has 0 aliphatic heterocycles. The fourth-order valence-electron chi connectivity index (χ4n) is 2.12. The number of ether oxygens (including phenoxy) is 3. The minimum Gasteiger partial charge on any atom is -0.494 e. The number of halogens is 1. The lowest BCUT2D eigenvalue weighted by atomic mass is 10.2. The highest BCUT2D eigenvalue weighted by Gasteiger charge is 2.13. The Kier molecular flexibility index (Phi) is 6.70. The van der Waals surface area contributed by atoms with E-state index in [0.717, 1.165) is 0 Å². The highest BCUT2D eigenvalue weighted by Crippen LogP contribution is 2.35. The third-order valence-electron chi connectivity index (χ3n) is 3.29. The smallest absolute Gasteiger partial charge is 0.276 e. The summed E-state index contributed by atoms with van der Waals surface area (Å²) in [5, 5.41) is 4.09. The number of methoxy groups -OCH3 is 2. The minimum atomic E-state index is -3.79. The van der Waals surface area contributed by atoms with Crippen molar-refractivity contribution in [3.63, 3.8) is 0 Å². The zero-order valence-corrected chi connectivity index (χ0v) is 16.1. The molecule has 2 rings (SSSR count). The summed E-state index contributed by atoms with van der Waals surface area (Å²) in [6.07, 6.45) is 1.32.